The molecule has 0 aliphatic carbocycles. The summed E-state index contributed by atoms with van der Waals surface area (Å²) >= 11 is 14.2. The van der Waals surface area contributed by atoms with E-state index in [1.165, 1.54) is 5.56 Å². The highest BCUT2D eigenvalue weighted by molar-refractivity contribution is 7.99. The van der Waals surface area contributed by atoms with E-state index in [1.807, 2.05) is 50.2 Å². The number of rotatable bonds is 12. The van der Waals surface area contributed by atoms with Gasteiger partial charge in [0.1, 0.15) is 6.04 Å². The lowest BCUT2D eigenvalue weighted by Gasteiger charge is -2.32. The molecule has 0 bridgehead atoms. The molecule has 2 amide bonds. The zero-order valence-electron chi connectivity index (χ0n) is 21.5. The molecule has 4 nitrogen and oxygen atoms in total. The highest BCUT2D eigenvalue weighted by Gasteiger charge is 2.30. The van der Waals surface area contributed by atoms with Crippen molar-refractivity contribution in [1.82, 2.24) is 10.2 Å². The zero-order valence-corrected chi connectivity index (χ0v) is 23.9. The van der Waals surface area contributed by atoms with Gasteiger partial charge in [-0.2, -0.15) is 0 Å². The molecule has 196 valence electrons. The minimum atomic E-state index is -0.676. The van der Waals surface area contributed by atoms with Crippen molar-refractivity contribution in [2.75, 3.05) is 12.3 Å². The summed E-state index contributed by atoms with van der Waals surface area (Å²) in [5.41, 5.74) is 2.93. The SMILES string of the molecule is Cc1ccc(SCCC(=O)N(Cc2ccc(Cl)cc2Cl)[C@H](Cc2ccccc2)C(=O)NCC(C)C)cc1. The Morgan fingerprint density at radius 1 is 0.973 bits per heavy atom. The lowest BCUT2D eigenvalue weighted by Crippen LogP contribution is -2.51. The molecule has 0 aliphatic heterocycles. The first-order chi connectivity index (χ1) is 17.7. The minimum absolute atomic E-state index is 0.0914. The average molecular weight is 558 g/mol. The Kier molecular flexibility index (Phi) is 11.4. The summed E-state index contributed by atoms with van der Waals surface area (Å²) in [7, 11) is 0. The summed E-state index contributed by atoms with van der Waals surface area (Å²) in [4.78, 5) is 30.0. The lowest BCUT2D eigenvalue weighted by molar-refractivity contribution is -0.141. The number of carbonyl (C=O) groups is 2. The second-order valence-electron chi connectivity index (χ2n) is 9.51. The van der Waals surface area contributed by atoms with Gasteiger partial charge < -0.3 is 10.2 Å². The normalized spacial score (nSPS) is 11.8. The van der Waals surface area contributed by atoms with E-state index in [0.717, 1.165) is 16.0 Å². The van der Waals surface area contributed by atoms with Gasteiger partial charge in [0.05, 0.1) is 0 Å². The fraction of sp³-hybridized carbons (Fsp3) is 0.333. The molecule has 0 radical (unpaired) electrons. The van der Waals surface area contributed by atoms with Crippen LogP contribution < -0.4 is 5.32 Å². The van der Waals surface area contributed by atoms with Crippen LogP contribution in [0.3, 0.4) is 0 Å². The van der Waals surface area contributed by atoms with Gasteiger partial charge in [0.15, 0.2) is 0 Å². The van der Waals surface area contributed by atoms with Crippen molar-refractivity contribution in [3.63, 3.8) is 0 Å². The molecule has 7 heteroatoms. The quantitative estimate of drug-likeness (QED) is 0.240. The van der Waals surface area contributed by atoms with Crippen LogP contribution in [-0.4, -0.2) is 35.1 Å². The predicted octanol–water partition coefficient (Wildman–Crippen LogP) is 7.20. The Bertz CT molecular complexity index is 1170. The van der Waals surface area contributed by atoms with Crippen molar-refractivity contribution in [2.45, 2.75) is 51.1 Å². The molecule has 0 heterocycles. The number of amides is 2. The van der Waals surface area contributed by atoms with E-state index in [9.17, 15) is 9.59 Å². The monoisotopic (exact) mass is 556 g/mol. The van der Waals surface area contributed by atoms with Crippen LogP contribution >= 0.6 is 35.0 Å². The molecular formula is C30H34Cl2N2O2S. The lowest BCUT2D eigenvalue weighted by atomic mass is 10.0. The topological polar surface area (TPSA) is 49.4 Å². The Morgan fingerprint density at radius 3 is 2.32 bits per heavy atom. The number of carbonyl (C=O) groups excluding carboxylic acids is 2. The first kappa shape index (κ1) is 29.1. The molecule has 3 rings (SSSR count). The number of nitrogens with one attached hydrogen (secondary N) is 1. The number of nitrogens with zero attached hydrogens (tertiary/aromatic N) is 1. The van der Waals surface area contributed by atoms with E-state index in [4.69, 9.17) is 23.2 Å². The molecule has 0 saturated carbocycles. The largest absolute Gasteiger partial charge is 0.354 e. The molecule has 1 atom stereocenters. The number of thioether (sulfide) groups is 1. The molecule has 1 N–H and O–H groups in total. The van der Waals surface area contributed by atoms with Crippen molar-refractivity contribution in [3.05, 3.63) is 99.5 Å². The first-order valence-corrected chi connectivity index (χ1v) is 14.2. The van der Waals surface area contributed by atoms with Crippen LogP contribution in [-0.2, 0) is 22.6 Å². The van der Waals surface area contributed by atoms with Crippen LogP contribution in [0.2, 0.25) is 10.0 Å². The van der Waals surface area contributed by atoms with Crippen LogP contribution in [0.1, 0.15) is 37.0 Å². The van der Waals surface area contributed by atoms with Gasteiger partial charge in [-0.1, -0.05) is 91.1 Å². The van der Waals surface area contributed by atoms with Crippen LogP contribution in [0.25, 0.3) is 0 Å². The number of hydrogen-bond acceptors (Lipinski definition) is 3. The van der Waals surface area contributed by atoms with Gasteiger partial charge in [-0.15, -0.1) is 11.8 Å². The van der Waals surface area contributed by atoms with Gasteiger partial charge in [-0.25, -0.2) is 0 Å². The Morgan fingerprint density at radius 2 is 1.68 bits per heavy atom. The fourth-order valence-electron chi connectivity index (χ4n) is 3.84. The number of hydrogen-bond donors (Lipinski definition) is 1. The number of aryl methyl sites for hydroxylation is 1. The third-order valence-corrected chi connectivity index (χ3v) is 7.52. The van der Waals surface area contributed by atoms with Crippen molar-refractivity contribution in [3.8, 4) is 0 Å². The van der Waals surface area contributed by atoms with Gasteiger partial charge in [0.25, 0.3) is 0 Å². The Balaban J connectivity index is 1.86. The summed E-state index contributed by atoms with van der Waals surface area (Å²) < 4.78 is 0. The van der Waals surface area contributed by atoms with E-state index >= 15 is 0 Å². The molecule has 0 aromatic heterocycles. The maximum atomic E-state index is 13.7. The molecule has 0 spiro atoms. The third-order valence-electron chi connectivity index (χ3n) is 5.92. The Labute approximate surface area is 234 Å². The molecular weight excluding hydrogens is 523 g/mol. The summed E-state index contributed by atoms with van der Waals surface area (Å²) in [6, 6.07) is 22.6. The number of halogens is 2. The summed E-state index contributed by atoms with van der Waals surface area (Å²) in [6.45, 7) is 6.90. The van der Waals surface area contributed by atoms with Crippen molar-refractivity contribution < 1.29 is 9.59 Å². The van der Waals surface area contributed by atoms with Crippen LogP contribution in [0.15, 0.2) is 77.7 Å². The summed E-state index contributed by atoms with van der Waals surface area (Å²) in [5.74, 6) is 0.647. The van der Waals surface area contributed by atoms with Crippen LogP contribution in [0.5, 0.6) is 0 Å². The molecule has 37 heavy (non-hydrogen) atoms. The van der Waals surface area contributed by atoms with Crippen molar-refractivity contribution in [2.24, 2.45) is 5.92 Å². The molecule has 3 aromatic rings. The van der Waals surface area contributed by atoms with E-state index in [0.29, 0.717) is 41.1 Å². The Hall–Kier alpha value is -2.47. The third kappa shape index (κ3) is 9.41. The van der Waals surface area contributed by atoms with Gasteiger partial charge >= 0.3 is 0 Å². The maximum absolute atomic E-state index is 13.7. The first-order valence-electron chi connectivity index (χ1n) is 12.5. The minimum Gasteiger partial charge on any atom is -0.354 e. The molecule has 0 unspecified atom stereocenters. The van der Waals surface area contributed by atoms with E-state index < -0.39 is 6.04 Å². The van der Waals surface area contributed by atoms with Crippen molar-refractivity contribution in [1.29, 1.82) is 0 Å². The van der Waals surface area contributed by atoms with Crippen LogP contribution in [0.4, 0.5) is 0 Å². The van der Waals surface area contributed by atoms with Gasteiger partial charge in [0, 0.05) is 46.6 Å². The predicted molar refractivity (Wildman–Crippen MR) is 155 cm³/mol. The summed E-state index contributed by atoms with van der Waals surface area (Å²) in [6.07, 6.45) is 0.708. The maximum Gasteiger partial charge on any atom is 0.243 e. The second-order valence-corrected chi connectivity index (χ2v) is 11.5. The highest BCUT2D eigenvalue weighted by atomic mass is 35.5. The number of benzene rings is 3. The fourth-order valence-corrected chi connectivity index (χ4v) is 5.15. The highest BCUT2D eigenvalue weighted by Crippen LogP contribution is 2.25. The zero-order chi connectivity index (χ0) is 26.8. The van der Waals surface area contributed by atoms with Crippen molar-refractivity contribution >= 4 is 46.8 Å². The van der Waals surface area contributed by atoms with Gasteiger partial charge in [-0.3, -0.25) is 9.59 Å². The standard InChI is InChI=1S/C30H34Cl2N2O2S/c1-21(2)19-33-30(36)28(17-23-7-5-4-6-8-23)34(20-24-11-12-25(31)18-27(24)32)29(35)15-16-37-26-13-9-22(3)10-14-26/h4-14,18,21,28H,15-17,19-20H2,1-3H3,(H,33,36)/t28-/m1/s1. The average Bonchev–Trinajstić information content (AvgIpc) is 2.87. The van der Waals surface area contributed by atoms with Crippen LogP contribution in [0, 0.1) is 12.8 Å². The van der Waals surface area contributed by atoms with Gasteiger partial charge in [0.2, 0.25) is 11.8 Å². The molecule has 0 saturated heterocycles. The van der Waals surface area contributed by atoms with E-state index in [1.54, 1.807) is 28.8 Å². The second kappa shape index (κ2) is 14.5. The molecule has 0 fully saturated rings. The van der Waals surface area contributed by atoms with E-state index in [2.05, 4.69) is 36.5 Å². The van der Waals surface area contributed by atoms with Gasteiger partial charge in [-0.05, 0) is 48.2 Å². The molecule has 3 aromatic carbocycles. The smallest absolute Gasteiger partial charge is 0.243 e. The summed E-state index contributed by atoms with van der Waals surface area (Å²) in [5, 5.41) is 4.04. The molecule has 0 aliphatic rings. The van der Waals surface area contributed by atoms with E-state index in [-0.39, 0.29) is 18.4 Å².